The lowest BCUT2D eigenvalue weighted by Crippen LogP contribution is -2.30. The zero-order valence-corrected chi connectivity index (χ0v) is 46.8. The van der Waals surface area contributed by atoms with Gasteiger partial charge in [0, 0.05) is 19.3 Å². The number of esters is 3. The first-order valence-corrected chi connectivity index (χ1v) is 30.6. The molecular weight excluding hydrogens is 865 g/mol. The van der Waals surface area contributed by atoms with Crippen molar-refractivity contribution in [2.75, 3.05) is 13.2 Å². The molecule has 0 aliphatic carbocycles. The number of rotatable bonds is 56. The average molecular weight is 982 g/mol. The molecule has 0 saturated carbocycles. The van der Waals surface area contributed by atoms with Gasteiger partial charge in [0.2, 0.25) is 0 Å². The molecule has 6 heteroatoms. The van der Waals surface area contributed by atoms with Crippen molar-refractivity contribution in [1.82, 2.24) is 0 Å². The first kappa shape index (κ1) is 67.4. The van der Waals surface area contributed by atoms with Crippen LogP contribution in [0, 0.1) is 0 Å². The van der Waals surface area contributed by atoms with Crippen molar-refractivity contribution in [1.29, 1.82) is 0 Å². The zero-order valence-electron chi connectivity index (χ0n) is 46.8. The Labute approximate surface area is 435 Å². The van der Waals surface area contributed by atoms with Crippen LogP contribution in [0.3, 0.4) is 0 Å². The second kappa shape index (κ2) is 58.9. The van der Waals surface area contributed by atoms with Crippen molar-refractivity contribution in [3.8, 4) is 0 Å². The van der Waals surface area contributed by atoms with Crippen molar-refractivity contribution in [3.63, 3.8) is 0 Å². The summed E-state index contributed by atoms with van der Waals surface area (Å²) >= 11 is 0. The van der Waals surface area contributed by atoms with Gasteiger partial charge >= 0.3 is 17.9 Å². The molecule has 0 rings (SSSR count). The first-order valence-electron chi connectivity index (χ1n) is 30.6. The van der Waals surface area contributed by atoms with Crippen molar-refractivity contribution >= 4 is 17.9 Å². The SMILES string of the molecule is CCCCC/C=C\C/C=C\C/C=C\CCCCCCCCC(=O)OC[C@@H](COC(=O)CCCCCCCCCCCCCCCC)OC(=O)CCCCCCCCC/C=C\CCCCCCCCCC. The van der Waals surface area contributed by atoms with E-state index in [9.17, 15) is 14.4 Å². The number of carbonyl (C=O) groups excluding carboxylic acids is 3. The van der Waals surface area contributed by atoms with Crippen LogP contribution in [0.2, 0.25) is 0 Å². The Morgan fingerprint density at radius 1 is 0.286 bits per heavy atom. The monoisotopic (exact) mass is 981 g/mol. The summed E-state index contributed by atoms with van der Waals surface area (Å²) in [5, 5.41) is 0. The molecule has 0 saturated heterocycles. The molecule has 0 heterocycles. The van der Waals surface area contributed by atoms with Gasteiger partial charge in [0.1, 0.15) is 13.2 Å². The van der Waals surface area contributed by atoms with Crippen LogP contribution in [-0.2, 0) is 28.6 Å². The zero-order chi connectivity index (χ0) is 50.7. The van der Waals surface area contributed by atoms with E-state index in [2.05, 4.69) is 69.4 Å². The molecule has 408 valence electrons. The number of unbranched alkanes of at least 4 members (excludes halogenated alkanes) is 37. The second-order valence-electron chi connectivity index (χ2n) is 20.6. The predicted octanol–water partition coefficient (Wildman–Crippen LogP) is 20.6. The van der Waals surface area contributed by atoms with Crippen LogP contribution in [0.4, 0.5) is 0 Å². The van der Waals surface area contributed by atoms with Crippen LogP contribution in [0.25, 0.3) is 0 Å². The van der Waals surface area contributed by atoms with Crippen molar-refractivity contribution < 1.29 is 28.6 Å². The van der Waals surface area contributed by atoms with Crippen LogP contribution in [-0.4, -0.2) is 37.2 Å². The predicted molar refractivity (Wildman–Crippen MR) is 302 cm³/mol. The summed E-state index contributed by atoms with van der Waals surface area (Å²) in [5.74, 6) is -0.875. The molecule has 0 amide bonds. The summed E-state index contributed by atoms with van der Waals surface area (Å²) in [6.45, 7) is 6.64. The Hall–Kier alpha value is -2.63. The Balaban J connectivity index is 4.37. The van der Waals surface area contributed by atoms with E-state index in [1.807, 2.05) is 0 Å². The third-order valence-electron chi connectivity index (χ3n) is 13.6. The third kappa shape index (κ3) is 56.3. The van der Waals surface area contributed by atoms with Gasteiger partial charge in [-0.3, -0.25) is 14.4 Å². The summed E-state index contributed by atoms with van der Waals surface area (Å²) in [6, 6.07) is 0. The van der Waals surface area contributed by atoms with Crippen LogP contribution >= 0.6 is 0 Å². The largest absolute Gasteiger partial charge is 0.462 e. The molecule has 0 bridgehead atoms. The molecule has 0 N–H and O–H groups in total. The third-order valence-corrected chi connectivity index (χ3v) is 13.6. The first-order chi connectivity index (χ1) is 34.5. The average Bonchev–Trinajstić information content (AvgIpc) is 3.36. The van der Waals surface area contributed by atoms with Gasteiger partial charge in [-0.05, 0) is 83.5 Å². The molecule has 0 unspecified atom stereocenters. The smallest absolute Gasteiger partial charge is 0.306 e. The second-order valence-corrected chi connectivity index (χ2v) is 20.6. The minimum Gasteiger partial charge on any atom is -0.462 e. The molecule has 0 aromatic carbocycles. The number of carbonyl (C=O) groups is 3. The minimum absolute atomic E-state index is 0.0758. The van der Waals surface area contributed by atoms with Gasteiger partial charge in [-0.25, -0.2) is 0 Å². The fraction of sp³-hybridized carbons (Fsp3) is 0.828. The molecule has 0 spiro atoms. The maximum Gasteiger partial charge on any atom is 0.306 e. The molecule has 0 aromatic heterocycles. The highest BCUT2D eigenvalue weighted by Gasteiger charge is 2.19. The Morgan fingerprint density at radius 2 is 0.514 bits per heavy atom. The number of hydrogen-bond acceptors (Lipinski definition) is 6. The van der Waals surface area contributed by atoms with E-state index < -0.39 is 6.10 Å². The topological polar surface area (TPSA) is 78.9 Å². The number of hydrogen-bond donors (Lipinski definition) is 0. The molecular formula is C64H116O6. The Morgan fingerprint density at radius 3 is 0.843 bits per heavy atom. The standard InChI is InChI=1S/C64H116O6/c1-4-7-10-13-16-19-22-25-28-30-32-34-36-39-42-45-48-51-54-57-63(66)69-60-61(59-68-62(65)56-53-50-47-44-41-38-27-24-21-18-15-12-9-6-3)70-64(67)58-55-52-49-46-43-40-37-35-33-31-29-26-23-20-17-14-11-8-5-2/h16,19,25,28,31-34,61H,4-15,17-18,20-24,26-27,29-30,35-60H2,1-3H3/b19-16-,28-25-,33-31-,34-32-/t61-/m1/s1. The number of ether oxygens (including phenoxy) is 3. The summed E-state index contributed by atoms with van der Waals surface area (Å²) in [6.07, 6.45) is 72.4. The highest BCUT2D eigenvalue weighted by Crippen LogP contribution is 2.16. The quantitative estimate of drug-likeness (QED) is 0.0261. The highest BCUT2D eigenvalue weighted by atomic mass is 16.6. The van der Waals surface area contributed by atoms with Crippen molar-refractivity contribution in [3.05, 3.63) is 48.6 Å². The van der Waals surface area contributed by atoms with Crippen molar-refractivity contribution in [2.24, 2.45) is 0 Å². The molecule has 1 atom stereocenters. The van der Waals surface area contributed by atoms with E-state index in [1.165, 1.54) is 205 Å². The van der Waals surface area contributed by atoms with Gasteiger partial charge in [0.05, 0.1) is 0 Å². The van der Waals surface area contributed by atoms with Crippen LogP contribution in [0.15, 0.2) is 48.6 Å². The van der Waals surface area contributed by atoms with Gasteiger partial charge in [-0.1, -0.05) is 268 Å². The number of allylic oxidation sites excluding steroid dienone is 8. The molecule has 6 nitrogen and oxygen atoms in total. The van der Waals surface area contributed by atoms with E-state index in [-0.39, 0.29) is 31.1 Å². The van der Waals surface area contributed by atoms with Gasteiger partial charge in [-0.2, -0.15) is 0 Å². The summed E-state index contributed by atoms with van der Waals surface area (Å²) in [4.78, 5) is 38.2. The minimum atomic E-state index is -0.779. The van der Waals surface area contributed by atoms with E-state index in [0.717, 1.165) is 77.0 Å². The summed E-state index contributed by atoms with van der Waals surface area (Å²) in [5.41, 5.74) is 0. The maximum atomic E-state index is 12.9. The molecule has 0 fully saturated rings. The van der Waals surface area contributed by atoms with Crippen molar-refractivity contribution in [2.45, 2.75) is 329 Å². The van der Waals surface area contributed by atoms with Gasteiger partial charge < -0.3 is 14.2 Å². The lowest BCUT2D eigenvalue weighted by Gasteiger charge is -2.18. The van der Waals surface area contributed by atoms with Gasteiger partial charge in [-0.15, -0.1) is 0 Å². The molecule has 0 aromatic rings. The Kier molecular flexibility index (Phi) is 56.7. The van der Waals surface area contributed by atoms with Crippen LogP contribution < -0.4 is 0 Å². The summed E-state index contributed by atoms with van der Waals surface area (Å²) < 4.78 is 16.9. The van der Waals surface area contributed by atoms with E-state index >= 15 is 0 Å². The fourth-order valence-electron chi connectivity index (χ4n) is 8.92. The maximum absolute atomic E-state index is 12.9. The van der Waals surface area contributed by atoms with E-state index in [1.54, 1.807) is 0 Å². The molecule has 70 heavy (non-hydrogen) atoms. The molecule has 0 aliphatic rings. The van der Waals surface area contributed by atoms with Gasteiger partial charge in [0.15, 0.2) is 6.10 Å². The Bertz CT molecular complexity index is 1220. The lowest BCUT2D eigenvalue weighted by atomic mass is 10.0. The molecule has 0 aliphatic heterocycles. The van der Waals surface area contributed by atoms with E-state index in [4.69, 9.17) is 14.2 Å². The fourth-order valence-corrected chi connectivity index (χ4v) is 8.92. The van der Waals surface area contributed by atoms with Crippen LogP contribution in [0.5, 0.6) is 0 Å². The lowest BCUT2D eigenvalue weighted by molar-refractivity contribution is -0.167. The normalized spacial score (nSPS) is 12.3. The highest BCUT2D eigenvalue weighted by molar-refractivity contribution is 5.71. The molecule has 0 radical (unpaired) electrons. The summed E-state index contributed by atoms with van der Waals surface area (Å²) in [7, 11) is 0. The van der Waals surface area contributed by atoms with Gasteiger partial charge in [0.25, 0.3) is 0 Å². The van der Waals surface area contributed by atoms with Crippen LogP contribution in [0.1, 0.15) is 323 Å². The van der Waals surface area contributed by atoms with E-state index in [0.29, 0.717) is 19.3 Å².